The van der Waals surface area contributed by atoms with Crippen molar-refractivity contribution in [3.05, 3.63) is 65.1 Å². The molecule has 4 rings (SSSR count). The van der Waals surface area contributed by atoms with Crippen molar-refractivity contribution in [3.8, 4) is 10.7 Å². The predicted molar refractivity (Wildman–Crippen MR) is 116 cm³/mol. The van der Waals surface area contributed by atoms with Crippen LogP contribution in [0.25, 0.3) is 10.7 Å². The maximum absolute atomic E-state index is 12.7. The van der Waals surface area contributed by atoms with Gasteiger partial charge in [0.15, 0.2) is 0 Å². The molecule has 0 saturated heterocycles. The summed E-state index contributed by atoms with van der Waals surface area (Å²) in [4.78, 5) is 25.6. The maximum atomic E-state index is 12.7. The van der Waals surface area contributed by atoms with Crippen LogP contribution in [-0.2, 0) is 16.6 Å². The Labute approximate surface area is 175 Å². The highest BCUT2D eigenvalue weighted by atomic mass is 32.1. The molecule has 1 fully saturated rings. The zero-order valence-electron chi connectivity index (χ0n) is 16.7. The van der Waals surface area contributed by atoms with Crippen molar-refractivity contribution in [1.82, 2.24) is 20.3 Å². The van der Waals surface area contributed by atoms with Crippen LogP contribution >= 0.6 is 11.3 Å². The van der Waals surface area contributed by atoms with Gasteiger partial charge in [0.2, 0.25) is 5.91 Å². The van der Waals surface area contributed by atoms with Crippen molar-refractivity contribution in [2.75, 3.05) is 6.54 Å². The van der Waals surface area contributed by atoms with Crippen LogP contribution in [0.1, 0.15) is 48.9 Å². The molecule has 0 atom stereocenters. The average molecular weight is 407 g/mol. The number of thiazole rings is 1. The molecular weight excluding hydrogens is 380 g/mol. The Morgan fingerprint density at radius 3 is 2.76 bits per heavy atom. The Hall–Kier alpha value is -2.60. The molecule has 0 bridgehead atoms. The second-order valence-corrected chi connectivity index (χ2v) is 8.70. The quantitative estimate of drug-likeness (QED) is 0.656. The van der Waals surface area contributed by atoms with Crippen LogP contribution in [0, 0.1) is 6.92 Å². The van der Waals surface area contributed by atoms with Gasteiger partial charge in [-0.1, -0.05) is 43.5 Å². The number of nitrogens with one attached hydrogen (secondary N) is 1. The third-order valence-corrected chi connectivity index (χ3v) is 6.74. The number of aromatic nitrogens is 3. The summed E-state index contributed by atoms with van der Waals surface area (Å²) in [5.74, 6) is 0.0273. The average Bonchev–Trinajstić information content (AvgIpc) is 3.22. The van der Waals surface area contributed by atoms with Crippen LogP contribution in [0.4, 0.5) is 0 Å². The molecule has 3 aromatic rings. The number of amides is 1. The third-order valence-electron chi connectivity index (χ3n) is 5.83. The monoisotopic (exact) mass is 406 g/mol. The van der Waals surface area contributed by atoms with Crippen molar-refractivity contribution in [3.63, 3.8) is 0 Å². The lowest BCUT2D eigenvalue weighted by molar-refractivity contribution is -0.120. The predicted octanol–water partition coefficient (Wildman–Crippen LogP) is 4.47. The van der Waals surface area contributed by atoms with Gasteiger partial charge in [0.25, 0.3) is 0 Å². The molecule has 1 aliphatic rings. The standard InChI is InChI=1S/C23H26N4OS/c1-17-7-3-4-8-19(17)23(9-5-2-6-10-23)16-26-21(28)13-18-15-29-22(27-18)20-14-24-11-12-25-20/h3-4,7-8,11-12,14-15H,2,5-6,9-10,13,16H2,1H3,(H,26,28). The van der Waals surface area contributed by atoms with Crippen molar-refractivity contribution < 1.29 is 4.79 Å². The number of carbonyl (C=O) groups excluding carboxylic acids is 1. The lowest BCUT2D eigenvalue weighted by atomic mass is 9.68. The molecule has 1 saturated carbocycles. The first-order valence-corrected chi connectivity index (χ1v) is 11.1. The number of benzene rings is 1. The summed E-state index contributed by atoms with van der Waals surface area (Å²) < 4.78 is 0. The first-order chi connectivity index (χ1) is 14.2. The van der Waals surface area contributed by atoms with Crippen LogP contribution in [-0.4, -0.2) is 27.4 Å². The molecule has 150 valence electrons. The van der Waals surface area contributed by atoms with Gasteiger partial charge in [-0.3, -0.25) is 14.8 Å². The summed E-state index contributed by atoms with van der Waals surface area (Å²) in [6.45, 7) is 2.87. The molecule has 29 heavy (non-hydrogen) atoms. The van der Waals surface area contributed by atoms with Crippen molar-refractivity contribution in [2.24, 2.45) is 0 Å². The van der Waals surface area contributed by atoms with E-state index in [-0.39, 0.29) is 11.3 Å². The Morgan fingerprint density at radius 2 is 2.00 bits per heavy atom. The van der Waals surface area contributed by atoms with Gasteiger partial charge in [0, 0.05) is 29.7 Å². The minimum absolute atomic E-state index is 0.0273. The zero-order valence-corrected chi connectivity index (χ0v) is 17.5. The van der Waals surface area contributed by atoms with Crippen LogP contribution in [0.2, 0.25) is 0 Å². The van der Waals surface area contributed by atoms with E-state index in [0.717, 1.165) is 29.2 Å². The summed E-state index contributed by atoms with van der Waals surface area (Å²) in [5, 5.41) is 5.94. The molecule has 0 radical (unpaired) electrons. The van der Waals surface area contributed by atoms with Gasteiger partial charge >= 0.3 is 0 Å². The van der Waals surface area contributed by atoms with Gasteiger partial charge in [0.05, 0.1) is 18.3 Å². The Morgan fingerprint density at radius 1 is 1.17 bits per heavy atom. The fourth-order valence-corrected chi connectivity index (χ4v) is 5.13. The number of hydrogen-bond donors (Lipinski definition) is 1. The highest BCUT2D eigenvalue weighted by molar-refractivity contribution is 7.13. The molecule has 1 N–H and O–H groups in total. The second kappa shape index (κ2) is 8.82. The van der Waals surface area contributed by atoms with Crippen molar-refractivity contribution in [1.29, 1.82) is 0 Å². The van der Waals surface area contributed by atoms with Crippen LogP contribution in [0.15, 0.2) is 48.2 Å². The lowest BCUT2D eigenvalue weighted by Gasteiger charge is -2.39. The molecule has 5 nitrogen and oxygen atoms in total. The molecule has 2 heterocycles. The van der Waals surface area contributed by atoms with E-state index in [1.54, 1.807) is 18.6 Å². The van der Waals surface area contributed by atoms with Crippen LogP contribution < -0.4 is 5.32 Å². The molecular formula is C23H26N4OS. The summed E-state index contributed by atoms with van der Waals surface area (Å²) in [7, 11) is 0. The Bertz CT molecular complexity index is 964. The summed E-state index contributed by atoms with van der Waals surface area (Å²) in [6.07, 6.45) is 11.3. The number of aryl methyl sites for hydroxylation is 1. The Kier molecular flexibility index (Phi) is 6.00. The summed E-state index contributed by atoms with van der Waals surface area (Å²) in [6, 6.07) is 8.62. The highest BCUT2D eigenvalue weighted by Gasteiger charge is 2.35. The molecule has 0 aliphatic heterocycles. The number of rotatable bonds is 6. The number of hydrogen-bond acceptors (Lipinski definition) is 5. The van der Waals surface area contributed by atoms with Crippen molar-refractivity contribution in [2.45, 2.75) is 50.9 Å². The second-order valence-electron chi connectivity index (χ2n) is 7.84. The van der Waals surface area contributed by atoms with Gasteiger partial charge in [-0.2, -0.15) is 0 Å². The normalized spacial score (nSPS) is 15.8. The largest absolute Gasteiger partial charge is 0.355 e. The van der Waals surface area contributed by atoms with E-state index in [2.05, 4.69) is 51.5 Å². The van der Waals surface area contributed by atoms with E-state index in [4.69, 9.17) is 0 Å². The number of carbonyl (C=O) groups is 1. The molecule has 0 spiro atoms. The highest BCUT2D eigenvalue weighted by Crippen LogP contribution is 2.40. The molecule has 0 unspecified atom stereocenters. The van der Waals surface area contributed by atoms with E-state index in [1.165, 1.54) is 41.7 Å². The maximum Gasteiger partial charge on any atom is 0.226 e. The molecule has 2 aromatic heterocycles. The zero-order chi connectivity index (χ0) is 20.1. The third kappa shape index (κ3) is 4.53. The molecule has 1 aromatic carbocycles. The molecule has 6 heteroatoms. The van der Waals surface area contributed by atoms with Gasteiger partial charge in [0.1, 0.15) is 10.7 Å². The SMILES string of the molecule is Cc1ccccc1C1(CNC(=O)Cc2csc(-c3cnccn3)n2)CCCCC1. The topological polar surface area (TPSA) is 67.8 Å². The van der Waals surface area contributed by atoms with E-state index in [9.17, 15) is 4.79 Å². The number of nitrogens with zero attached hydrogens (tertiary/aromatic N) is 3. The first kappa shape index (κ1) is 19.7. The van der Waals surface area contributed by atoms with Gasteiger partial charge in [-0.05, 0) is 30.9 Å². The van der Waals surface area contributed by atoms with Gasteiger partial charge < -0.3 is 5.32 Å². The summed E-state index contributed by atoms with van der Waals surface area (Å²) in [5.41, 5.74) is 4.27. The van der Waals surface area contributed by atoms with E-state index in [0.29, 0.717) is 13.0 Å². The smallest absolute Gasteiger partial charge is 0.226 e. The van der Waals surface area contributed by atoms with E-state index in [1.807, 2.05) is 5.38 Å². The van der Waals surface area contributed by atoms with Gasteiger partial charge in [-0.25, -0.2) is 4.98 Å². The molecule has 1 amide bonds. The van der Waals surface area contributed by atoms with E-state index >= 15 is 0 Å². The fourth-order valence-electron chi connectivity index (χ4n) is 4.35. The Balaban J connectivity index is 1.43. The summed E-state index contributed by atoms with van der Waals surface area (Å²) >= 11 is 1.50. The van der Waals surface area contributed by atoms with Crippen molar-refractivity contribution >= 4 is 17.2 Å². The lowest BCUT2D eigenvalue weighted by Crippen LogP contribution is -2.43. The molecule has 1 aliphatic carbocycles. The minimum atomic E-state index is 0.0273. The van der Waals surface area contributed by atoms with Crippen LogP contribution in [0.3, 0.4) is 0 Å². The minimum Gasteiger partial charge on any atom is -0.355 e. The van der Waals surface area contributed by atoms with Crippen LogP contribution in [0.5, 0.6) is 0 Å². The fraction of sp³-hybridized carbons (Fsp3) is 0.391. The van der Waals surface area contributed by atoms with Gasteiger partial charge in [-0.15, -0.1) is 11.3 Å². The van der Waals surface area contributed by atoms with E-state index < -0.39 is 0 Å². The first-order valence-electron chi connectivity index (χ1n) is 10.2.